The van der Waals surface area contributed by atoms with Crippen molar-refractivity contribution < 1.29 is 28.6 Å². The highest BCUT2D eigenvalue weighted by Crippen LogP contribution is 2.15. The summed E-state index contributed by atoms with van der Waals surface area (Å²) < 4.78 is 16.9. The predicted octanol–water partition coefficient (Wildman–Crippen LogP) is 22.1. The zero-order valence-corrected chi connectivity index (χ0v) is 50.8. The molecule has 0 aliphatic heterocycles. The highest BCUT2D eigenvalue weighted by atomic mass is 16.6. The number of hydrogen-bond acceptors (Lipinski definition) is 6. The minimum absolute atomic E-state index is 0.108. The van der Waals surface area contributed by atoms with Crippen LogP contribution < -0.4 is 0 Å². The van der Waals surface area contributed by atoms with Gasteiger partial charge in [-0.05, 0) is 135 Å². The van der Waals surface area contributed by atoms with Crippen LogP contribution in [0.5, 0.6) is 0 Å². The first kappa shape index (κ1) is 74.0. The predicted molar refractivity (Wildman–Crippen MR) is 343 cm³/mol. The zero-order valence-electron chi connectivity index (χ0n) is 50.8. The van der Waals surface area contributed by atoms with Gasteiger partial charge in [-0.3, -0.25) is 14.4 Å². The Bertz CT molecular complexity index is 1780. The van der Waals surface area contributed by atoms with E-state index in [0.29, 0.717) is 19.3 Å². The highest BCUT2D eigenvalue weighted by molar-refractivity contribution is 5.71. The van der Waals surface area contributed by atoms with Gasteiger partial charge in [0.2, 0.25) is 0 Å². The van der Waals surface area contributed by atoms with Crippen molar-refractivity contribution in [1.82, 2.24) is 0 Å². The van der Waals surface area contributed by atoms with Crippen molar-refractivity contribution in [3.8, 4) is 0 Å². The summed E-state index contributed by atoms with van der Waals surface area (Å²) in [5.74, 6) is -0.982. The van der Waals surface area contributed by atoms with Gasteiger partial charge in [0.05, 0.1) is 0 Å². The molecule has 79 heavy (non-hydrogen) atoms. The normalized spacial score (nSPS) is 13.2. The summed E-state index contributed by atoms with van der Waals surface area (Å²) in [6.07, 6.45) is 95.3. The van der Waals surface area contributed by atoms with Crippen molar-refractivity contribution in [3.05, 3.63) is 158 Å². The van der Waals surface area contributed by atoms with Crippen LogP contribution in [0.4, 0.5) is 0 Å². The summed E-state index contributed by atoms with van der Waals surface area (Å²) in [6.45, 7) is 6.25. The second-order valence-corrected chi connectivity index (χ2v) is 20.5. The van der Waals surface area contributed by atoms with E-state index in [1.54, 1.807) is 0 Å². The third-order valence-electron chi connectivity index (χ3n) is 13.0. The van der Waals surface area contributed by atoms with Crippen molar-refractivity contribution in [3.63, 3.8) is 0 Å². The minimum atomic E-state index is -0.817. The van der Waals surface area contributed by atoms with Crippen LogP contribution in [-0.2, 0) is 28.6 Å². The van der Waals surface area contributed by atoms with E-state index in [1.807, 2.05) is 0 Å². The topological polar surface area (TPSA) is 78.9 Å². The van der Waals surface area contributed by atoms with Crippen LogP contribution in [-0.4, -0.2) is 37.2 Å². The van der Waals surface area contributed by atoms with Crippen LogP contribution in [0.15, 0.2) is 158 Å². The van der Waals surface area contributed by atoms with Crippen LogP contribution in [0.1, 0.15) is 265 Å². The van der Waals surface area contributed by atoms with Gasteiger partial charge in [-0.1, -0.05) is 269 Å². The lowest BCUT2D eigenvalue weighted by Crippen LogP contribution is -2.30. The van der Waals surface area contributed by atoms with Crippen molar-refractivity contribution in [2.24, 2.45) is 0 Å². The lowest BCUT2D eigenvalue weighted by atomic mass is 10.1. The molecule has 0 aliphatic rings. The summed E-state index contributed by atoms with van der Waals surface area (Å²) >= 11 is 0. The number of rotatable bonds is 56. The fourth-order valence-corrected chi connectivity index (χ4v) is 8.34. The molecule has 0 saturated carbocycles. The van der Waals surface area contributed by atoms with Gasteiger partial charge in [0.25, 0.3) is 0 Å². The molecule has 6 nitrogen and oxygen atoms in total. The highest BCUT2D eigenvalue weighted by Gasteiger charge is 2.19. The van der Waals surface area contributed by atoms with Gasteiger partial charge in [-0.15, -0.1) is 0 Å². The first-order valence-corrected chi connectivity index (χ1v) is 32.0. The number of unbranched alkanes of at least 4 members (excludes halogenated alkanes) is 19. The molecular formula is C73H116O6. The van der Waals surface area contributed by atoms with E-state index in [-0.39, 0.29) is 37.5 Å². The molecular weight excluding hydrogens is 973 g/mol. The molecule has 0 rings (SSSR count). The van der Waals surface area contributed by atoms with Crippen LogP contribution in [0, 0.1) is 0 Å². The SMILES string of the molecule is CC/C=C\C/C=C\C/C=C\C/C=C\C/C=C\CCCC(=O)OCC(COC(=O)CCCCCCCCCCCC/C=C\C/C=C\C/C=C\C/C=C\CC)OC(=O)CCCCCCCCCC/C=C\C/C=C\C/C=C\C/C=C\CC. The molecule has 0 bridgehead atoms. The van der Waals surface area contributed by atoms with E-state index in [9.17, 15) is 14.4 Å². The lowest BCUT2D eigenvalue weighted by Gasteiger charge is -2.18. The Kier molecular flexibility index (Phi) is 61.4. The summed E-state index contributed by atoms with van der Waals surface area (Å²) in [6, 6.07) is 0. The molecule has 0 amide bonds. The average molecular weight is 1090 g/mol. The fourth-order valence-electron chi connectivity index (χ4n) is 8.34. The first-order chi connectivity index (χ1) is 39.0. The van der Waals surface area contributed by atoms with E-state index in [1.165, 1.54) is 83.5 Å². The van der Waals surface area contributed by atoms with E-state index >= 15 is 0 Å². The Balaban J connectivity index is 4.49. The van der Waals surface area contributed by atoms with E-state index in [4.69, 9.17) is 14.2 Å². The average Bonchev–Trinajstić information content (AvgIpc) is 3.45. The molecule has 0 fully saturated rings. The number of allylic oxidation sites excluding steroid dienone is 26. The van der Waals surface area contributed by atoms with Crippen LogP contribution in [0.25, 0.3) is 0 Å². The zero-order chi connectivity index (χ0) is 57.1. The number of carbonyl (C=O) groups is 3. The standard InChI is InChI=1S/C73H116O6/c1-4-7-10-13-16-19-22-25-28-31-33-35-36-38-39-42-45-48-51-54-57-60-63-66-72(75)78-69-70(68-77-71(74)65-62-59-56-53-50-47-44-41-30-27-24-21-18-15-12-9-6-3)79-73(76)67-64-61-58-55-52-49-46-43-40-37-34-32-29-26-23-20-17-14-11-8-5-2/h7-12,16-21,25-30,33-35,37,44,47,53,56,70H,4-6,13-15,22-24,31-32,36,38-43,45-46,48-52,54-55,57-69H2,1-3H3/b10-7-,11-8-,12-9-,19-16-,20-17-,21-18-,28-25-,29-26-,30-27-,35-33-,37-34-,47-44-,56-53-. The molecule has 0 aromatic heterocycles. The molecule has 1 unspecified atom stereocenters. The third-order valence-corrected chi connectivity index (χ3v) is 13.0. The maximum absolute atomic E-state index is 12.9. The minimum Gasteiger partial charge on any atom is -0.462 e. The second kappa shape index (κ2) is 65.5. The molecule has 0 heterocycles. The summed E-state index contributed by atoms with van der Waals surface area (Å²) in [4.78, 5) is 38.4. The van der Waals surface area contributed by atoms with Crippen molar-refractivity contribution >= 4 is 17.9 Å². The number of ether oxygens (including phenoxy) is 3. The fraction of sp³-hybridized carbons (Fsp3) is 0.603. The maximum Gasteiger partial charge on any atom is 0.306 e. The molecule has 0 spiro atoms. The summed E-state index contributed by atoms with van der Waals surface area (Å²) in [5, 5.41) is 0. The number of esters is 3. The van der Waals surface area contributed by atoms with E-state index in [0.717, 1.165) is 135 Å². The molecule has 0 aliphatic carbocycles. The molecule has 0 N–H and O–H groups in total. The van der Waals surface area contributed by atoms with Gasteiger partial charge >= 0.3 is 17.9 Å². The Morgan fingerprint density at radius 2 is 0.468 bits per heavy atom. The molecule has 6 heteroatoms. The van der Waals surface area contributed by atoms with Crippen molar-refractivity contribution in [1.29, 1.82) is 0 Å². The Morgan fingerprint density at radius 3 is 0.759 bits per heavy atom. The smallest absolute Gasteiger partial charge is 0.306 e. The maximum atomic E-state index is 12.9. The molecule has 1 atom stereocenters. The largest absolute Gasteiger partial charge is 0.462 e. The first-order valence-electron chi connectivity index (χ1n) is 32.0. The third kappa shape index (κ3) is 63.7. The van der Waals surface area contributed by atoms with Gasteiger partial charge in [0, 0.05) is 19.3 Å². The molecule has 0 aromatic carbocycles. The summed E-state index contributed by atoms with van der Waals surface area (Å²) in [5.41, 5.74) is 0. The molecule has 444 valence electrons. The monoisotopic (exact) mass is 1090 g/mol. The molecule has 0 saturated heterocycles. The Hall–Kier alpha value is -4.97. The van der Waals surface area contributed by atoms with Gasteiger partial charge in [-0.2, -0.15) is 0 Å². The Labute approximate surface area is 486 Å². The number of carbonyl (C=O) groups excluding carboxylic acids is 3. The number of hydrogen-bond donors (Lipinski definition) is 0. The van der Waals surface area contributed by atoms with E-state index in [2.05, 4.69) is 179 Å². The van der Waals surface area contributed by atoms with Gasteiger partial charge in [-0.25, -0.2) is 0 Å². The second-order valence-electron chi connectivity index (χ2n) is 20.5. The molecule has 0 aromatic rings. The van der Waals surface area contributed by atoms with Crippen LogP contribution >= 0.6 is 0 Å². The van der Waals surface area contributed by atoms with Crippen LogP contribution in [0.3, 0.4) is 0 Å². The quantitative estimate of drug-likeness (QED) is 0.0261. The van der Waals surface area contributed by atoms with Gasteiger partial charge < -0.3 is 14.2 Å². The van der Waals surface area contributed by atoms with Crippen molar-refractivity contribution in [2.45, 2.75) is 271 Å². The van der Waals surface area contributed by atoms with Gasteiger partial charge in [0.15, 0.2) is 6.10 Å². The van der Waals surface area contributed by atoms with E-state index < -0.39 is 6.10 Å². The Morgan fingerprint density at radius 1 is 0.253 bits per heavy atom. The lowest BCUT2D eigenvalue weighted by molar-refractivity contribution is -0.167. The van der Waals surface area contributed by atoms with Crippen LogP contribution in [0.2, 0.25) is 0 Å². The molecule has 0 radical (unpaired) electrons. The summed E-state index contributed by atoms with van der Waals surface area (Å²) in [7, 11) is 0. The van der Waals surface area contributed by atoms with Crippen molar-refractivity contribution in [2.75, 3.05) is 13.2 Å². The van der Waals surface area contributed by atoms with Gasteiger partial charge in [0.1, 0.15) is 13.2 Å².